The number of carbonyl (C=O) groups is 1. The quantitative estimate of drug-likeness (QED) is 0.763. The van der Waals surface area contributed by atoms with Gasteiger partial charge in [-0.05, 0) is 12.8 Å². The molecule has 0 bridgehead atoms. The predicted octanol–water partition coefficient (Wildman–Crippen LogP) is 0.538. The number of thiazole rings is 1. The van der Waals surface area contributed by atoms with E-state index in [1.54, 1.807) is 6.20 Å². The summed E-state index contributed by atoms with van der Waals surface area (Å²) in [5, 5.41) is 14.1. The van der Waals surface area contributed by atoms with Crippen LogP contribution in [0.25, 0.3) is 0 Å². The summed E-state index contributed by atoms with van der Waals surface area (Å²) < 4.78 is 0. The minimum absolute atomic E-state index is 0.0599. The summed E-state index contributed by atoms with van der Waals surface area (Å²) in [5.74, 6) is -0.0599. The maximum Gasteiger partial charge on any atom is 0.240 e. The molecule has 0 saturated heterocycles. The van der Waals surface area contributed by atoms with Crippen molar-refractivity contribution in [1.29, 1.82) is 0 Å². The van der Waals surface area contributed by atoms with E-state index in [-0.39, 0.29) is 12.5 Å². The molecule has 1 fully saturated rings. The number of aromatic nitrogens is 1. The second-order valence-electron chi connectivity index (χ2n) is 3.81. The Kier molecular flexibility index (Phi) is 3.87. The zero-order valence-corrected chi connectivity index (χ0v) is 9.74. The van der Waals surface area contributed by atoms with Crippen molar-refractivity contribution in [2.75, 3.05) is 25.0 Å². The third-order valence-corrected chi connectivity index (χ3v) is 3.16. The number of anilines is 1. The van der Waals surface area contributed by atoms with Gasteiger partial charge in [-0.15, -0.1) is 11.3 Å². The summed E-state index contributed by atoms with van der Waals surface area (Å²) in [6, 6.07) is 0.481. The predicted molar refractivity (Wildman–Crippen MR) is 62.4 cm³/mol. The molecule has 0 unspecified atom stereocenters. The molecule has 0 spiro atoms. The van der Waals surface area contributed by atoms with E-state index in [0.29, 0.717) is 24.3 Å². The summed E-state index contributed by atoms with van der Waals surface area (Å²) in [5.41, 5.74) is 0. The van der Waals surface area contributed by atoms with Crippen LogP contribution in [-0.2, 0) is 4.79 Å². The Labute approximate surface area is 98.1 Å². The molecule has 88 valence electrons. The van der Waals surface area contributed by atoms with Crippen LogP contribution < -0.4 is 5.32 Å². The summed E-state index contributed by atoms with van der Waals surface area (Å²) >= 11 is 1.40. The fourth-order valence-corrected chi connectivity index (χ4v) is 2.13. The fraction of sp³-hybridized carbons (Fsp3) is 0.600. The summed E-state index contributed by atoms with van der Waals surface area (Å²) in [4.78, 5) is 17.7. The molecule has 0 aromatic carbocycles. The maximum absolute atomic E-state index is 11.7. The van der Waals surface area contributed by atoms with E-state index in [1.165, 1.54) is 11.3 Å². The topological polar surface area (TPSA) is 65.5 Å². The molecule has 1 heterocycles. The molecule has 1 aromatic heterocycles. The third kappa shape index (κ3) is 3.26. The highest BCUT2D eigenvalue weighted by Gasteiger charge is 2.29. The van der Waals surface area contributed by atoms with Crippen molar-refractivity contribution >= 4 is 22.4 Å². The zero-order valence-electron chi connectivity index (χ0n) is 8.93. The number of nitrogens with one attached hydrogen (secondary N) is 1. The Morgan fingerprint density at radius 2 is 2.50 bits per heavy atom. The van der Waals surface area contributed by atoms with Gasteiger partial charge in [0.1, 0.15) is 0 Å². The Hall–Kier alpha value is -0.980. The molecule has 1 aliphatic rings. The van der Waals surface area contributed by atoms with Crippen LogP contribution in [0, 0.1) is 0 Å². The van der Waals surface area contributed by atoms with Gasteiger partial charge in [-0.25, -0.2) is 4.98 Å². The monoisotopic (exact) mass is 241 g/mol. The van der Waals surface area contributed by atoms with Crippen molar-refractivity contribution in [2.45, 2.75) is 18.9 Å². The number of hydrogen-bond acceptors (Lipinski definition) is 5. The lowest BCUT2D eigenvalue weighted by atomic mass is 10.4. The number of aliphatic hydroxyl groups is 1. The molecule has 6 heteroatoms. The molecule has 1 aliphatic carbocycles. The first-order valence-corrected chi connectivity index (χ1v) is 6.22. The van der Waals surface area contributed by atoms with Gasteiger partial charge in [0.15, 0.2) is 5.13 Å². The van der Waals surface area contributed by atoms with Gasteiger partial charge in [0.05, 0.1) is 13.2 Å². The molecule has 0 radical (unpaired) electrons. The molecule has 16 heavy (non-hydrogen) atoms. The van der Waals surface area contributed by atoms with Crippen LogP contribution in [0.4, 0.5) is 5.13 Å². The van der Waals surface area contributed by atoms with Gasteiger partial charge in [0.25, 0.3) is 0 Å². The summed E-state index contributed by atoms with van der Waals surface area (Å²) in [7, 11) is 0. The Morgan fingerprint density at radius 3 is 3.06 bits per heavy atom. The minimum atomic E-state index is -0.0599. The molecule has 2 N–H and O–H groups in total. The molecule has 2 rings (SSSR count). The smallest absolute Gasteiger partial charge is 0.240 e. The molecule has 1 saturated carbocycles. The normalized spacial score (nSPS) is 15.4. The van der Waals surface area contributed by atoms with Gasteiger partial charge in [-0.3, -0.25) is 9.69 Å². The average molecular weight is 241 g/mol. The molecule has 0 aliphatic heterocycles. The van der Waals surface area contributed by atoms with Gasteiger partial charge in [-0.2, -0.15) is 0 Å². The average Bonchev–Trinajstić information content (AvgIpc) is 2.98. The number of aliphatic hydroxyl groups excluding tert-OH is 1. The van der Waals surface area contributed by atoms with Crippen molar-refractivity contribution in [3.8, 4) is 0 Å². The number of amides is 1. The molecule has 1 amide bonds. The Morgan fingerprint density at radius 1 is 1.69 bits per heavy atom. The number of nitrogens with zero attached hydrogens (tertiary/aromatic N) is 2. The van der Waals surface area contributed by atoms with Crippen LogP contribution in [-0.4, -0.2) is 46.6 Å². The van der Waals surface area contributed by atoms with E-state index in [4.69, 9.17) is 5.11 Å². The lowest BCUT2D eigenvalue weighted by Crippen LogP contribution is -2.36. The molecule has 5 nitrogen and oxygen atoms in total. The van der Waals surface area contributed by atoms with Crippen LogP contribution in [0.2, 0.25) is 0 Å². The Bertz CT molecular complexity index is 338. The highest BCUT2D eigenvalue weighted by atomic mass is 32.1. The van der Waals surface area contributed by atoms with Crippen molar-refractivity contribution in [1.82, 2.24) is 9.88 Å². The second-order valence-corrected chi connectivity index (χ2v) is 4.71. The van der Waals surface area contributed by atoms with Crippen molar-refractivity contribution in [3.05, 3.63) is 11.6 Å². The van der Waals surface area contributed by atoms with Crippen molar-refractivity contribution in [2.24, 2.45) is 0 Å². The van der Waals surface area contributed by atoms with E-state index in [9.17, 15) is 4.79 Å². The van der Waals surface area contributed by atoms with E-state index in [0.717, 1.165) is 12.8 Å². The third-order valence-electron chi connectivity index (χ3n) is 2.48. The van der Waals surface area contributed by atoms with E-state index >= 15 is 0 Å². The number of rotatable bonds is 6. The van der Waals surface area contributed by atoms with Crippen LogP contribution in [0.15, 0.2) is 11.6 Å². The molecular weight excluding hydrogens is 226 g/mol. The number of hydrogen-bond donors (Lipinski definition) is 2. The van der Waals surface area contributed by atoms with E-state index < -0.39 is 0 Å². The van der Waals surface area contributed by atoms with Crippen LogP contribution in [0.1, 0.15) is 12.8 Å². The minimum Gasteiger partial charge on any atom is -0.395 e. The van der Waals surface area contributed by atoms with Crippen LogP contribution >= 0.6 is 11.3 Å². The first kappa shape index (κ1) is 11.5. The lowest BCUT2D eigenvalue weighted by molar-refractivity contribution is -0.117. The van der Waals surface area contributed by atoms with Crippen LogP contribution in [0.5, 0.6) is 0 Å². The summed E-state index contributed by atoms with van der Waals surface area (Å²) in [6.45, 7) is 1.00. The maximum atomic E-state index is 11.7. The first-order chi connectivity index (χ1) is 7.79. The van der Waals surface area contributed by atoms with Crippen LogP contribution in [0.3, 0.4) is 0 Å². The molecular formula is C10H15N3O2S. The molecule has 0 atom stereocenters. The van der Waals surface area contributed by atoms with E-state index in [1.807, 2.05) is 10.3 Å². The SMILES string of the molecule is O=C(CN(CCO)C1CC1)Nc1nccs1. The first-order valence-electron chi connectivity index (χ1n) is 5.34. The highest BCUT2D eigenvalue weighted by Crippen LogP contribution is 2.26. The van der Waals surface area contributed by atoms with Gasteiger partial charge in [0.2, 0.25) is 5.91 Å². The van der Waals surface area contributed by atoms with Gasteiger partial charge >= 0.3 is 0 Å². The second kappa shape index (κ2) is 5.38. The fourth-order valence-electron chi connectivity index (χ4n) is 1.59. The number of carbonyl (C=O) groups excluding carboxylic acids is 1. The lowest BCUT2D eigenvalue weighted by Gasteiger charge is -2.19. The van der Waals surface area contributed by atoms with Crippen molar-refractivity contribution < 1.29 is 9.90 Å². The van der Waals surface area contributed by atoms with Crippen molar-refractivity contribution in [3.63, 3.8) is 0 Å². The standard InChI is InChI=1S/C10H15N3O2S/c14-5-4-13(8-1-2-8)7-9(15)12-10-11-3-6-16-10/h3,6,8,14H,1-2,4-5,7H2,(H,11,12,15). The highest BCUT2D eigenvalue weighted by molar-refractivity contribution is 7.13. The van der Waals surface area contributed by atoms with Gasteiger partial charge in [0, 0.05) is 24.2 Å². The van der Waals surface area contributed by atoms with Gasteiger partial charge in [-0.1, -0.05) is 0 Å². The zero-order chi connectivity index (χ0) is 11.4. The largest absolute Gasteiger partial charge is 0.395 e. The van der Waals surface area contributed by atoms with E-state index in [2.05, 4.69) is 10.3 Å². The summed E-state index contributed by atoms with van der Waals surface area (Å²) in [6.07, 6.45) is 3.92. The molecule has 1 aromatic rings. The Balaban J connectivity index is 1.80. The van der Waals surface area contributed by atoms with Gasteiger partial charge < -0.3 is 10.4 Å².